The van der Waals surface area contributed by atoms with Crippen LogP contribution < -0.4 is 4.72 Å². The number of nitrogens with zero attached hydrogens (tertiary/aromatic N) is 2. The molecule has 1 aromatic rings. The first-order valence-corrected chi connectivity index (χ1v) is 6.39. The molecule has 1 aromatic heterocycles. The van der Waals surface area contributed by atoms with E-state index >= 15 is 0 Å². The number of sulfonamides is 1. The minimum atomic E-state index is -3.99. The van der Waals surface area contributed by atoms with Gasteiger partial charge < -0.3 is 5.11 Å². The lowest BCUT2D eigenvalue weighted by atomic mass is 10.5. The Hall–Kier alpha value is -1.22. The van der Waals surface area contributed by atoms with Gasteiger partial charge in [-0.2, -0.15) is 0 Å². The second-order valence-corrected chi connectivity index (χ2v) is 5.67. The molecule has 2 N–H and O–H groups in total. The van der Waals surface area contributed by atoms with Crippen LogP contribution in [0.3, 0.4) is 0 Å². The Balaban J connectivity index is 2.89. The van der Waals surface area contributed by atoms with Crippen LogP contribution in [0.15, 0.2) is 17.0 Å². The van der Waals surface area contributed by atoms with Crippen molar-refractivity contribution in [3.8, 4) is 0 Å². The van der Waals surface area contributed by atoms with Crippen LogP contribution in [0.5, 0.6) is 0 Å². The number of aromatic nitrogens is 2. The van der Waals surface area contributed by atoms with Gasteiger partial charge in [-0.05, 0) is 22.9 Å². The van der Waals surface area contributed by atoms with Crippen molar-refractivity contribution >= 4 is 37.7 Å². The largest absolute Gasteiger partial charge is 0.480 e. The number of halogens is 1. The van der Waals surface area contributed by atoms with Crippen LogP contribution in [0.25, 0.3) is 0 Å². The van der Waals surface area contributed by atoms with E-state index in [1.165, 1.54) is 12.4 Å². The molecule has 9 heteroatoms. The summed E-state index contributed by atoms with van der Waals surface area (Å²) in [6.45, 7) is 1.07. The van der Waals surface area contributed by atoms with E-state index < -0.39 is 21.2 Å². The van der Waals surface area contributed by atoms with Crippen LogP contribution in [0.1, 0.15) is 6.92 Å². The topological polar surface area (TPSA) is 109 Å². The third kappa shape index (κ3) is 3.14. The Morgan fingerprint density at radius 1 is 1.50 bits per heavy atom. The van der Waals surface area contributed by atoms with E-state index in [-0.39, 0.29) is 5.82 Å². The number of carboxylic acids is 1. The Labute approximate surface area is 100 Å². The minimum absolute atomic E-state index is 0.0312. The van der Waals surface area contributed by atoms with Gasteiger partial charge in [0, 0.05) is 0 Å². The normalized spacial score (nSPS) is 13.1. The van der Waals surface area contributed by atoms with Crippen molar-refractivity contribution in [1.29, 1.82) is 0 Å². The molecule has 1 atom stereocenters. The summed E-state index contributed by atoms with van der Waals surface area (Å²) in [6, 6.07) is 0. The predicted octanol–water partition coefficient (Wildman–Crippen LogP) is 0.454. The van der Waals surface area contributed by atoms with E-state index in [0.29, 0.717) is 4.60 Å². The number of carboxylic acid groups (broad SMARTS) is 1. The average molecular weight is 310 g/mol. The first-order chi connectivity index (χ1) is 7.33. The van der Waals surface area contributed by atoms with Crippen LogP contribution >= 0.6 is 15.9 Å². The summed E-state index contributed by atoms with van der Waals surface area (Å²) in [4.78, 5) is 18.0. The standard InChI is InChI=1S/C7H8BrN3O4S/c1-4(7(12)13)16(14,15)11-6-3-9-5(8)2-10-6/h2-4H,1H3,(H,10,11)(H,12,13). The van der Waals surface area contributed by atoms with Gasteiger partial charge in [0.05, 0.1) is 12.4 Å². The lowest BCUT2D eigenvalue weighted by molar-refractivity contribution is -0.136. The van der Waals surface area contributed by atoms with Crippen molar-refractivity contribution in [2.45, 2.75) is 12.2 Å². The molecule has 0 fully saturated rings. The second-order valence-electron chi connectivity index (χ2n) is 2.85. The summed E-state index contributed by atoms with van der Waals surface area (Å²) >= 11 is 3.03. The molecule has 0 saturated carbocycles. The molecule has 0 bridgehead atoms. The molecular weight excluding hydrogens is 302 g/mol. The monoisotopic (exact) mass is 309 g/mol. The first-order valence-electron chi connectivity index (χ1n) is 4.05. The number of aliphatic carboxylic acids is 1. The van der Waals surface area contributed by atoms with Gasteiger partial charge in [-0.3, -0.25) is 9.52 Å². The molecule has 0 saturated heterocycles. The summed E-state index contributed by atoms with van der Waals surface area (Å²) in [7, 11) is -3.99. The highest BCUT2D eigenvalue weighted by atomic mass is 79.9. The molecule has 0 aliphatic rings. The molecule has 0 aliphatic carbocycles. The first kappa shape index (κ1) is 12.8. The van der Waals surface area contributed by atoms with Gasteiger partial charge in [-0.1, -0.05) is 0 Å². The maximum atomic E-state index is 11.5. The fourth-order valence-electron chi connectivity index (χ4n) is 0.732. The molecule has 1 rings (SSSR count). The second kappa shape index (κ2) is 4.74. The van der Waals surface area contributed by atoms with Crippen LogP contribution in [0.4, 0.5) is 5.82 Å². The van der Waals surface area contributed by atoms with Crippen molar-refractivity contribution in [3.63, 3.8) is 0 Å². The number of rotatable bonds is 4. The van der Waals surface area contributed by atoms with Crippen molar-refractivity contribution in [1.82, 2.24) is 9.97 Å². The van der Waals surface area contributed by atoms with E-state index in [1.807, 2.05) is 4.72 Å². The molecule has 0 amide bonds. The molecule has 7 nitrogen and oxygen atoms in total. The summed E-state index contributed by atoms with van der Waals surface area (Å²) in [5.74, 6) is -1.46. The van der Waals surface area contributed by atoms with Crippen LogP contribution in [-0.2, 0) is 14.8 Å². The summed E-state index contributed by atoms with van der Waals surface area (Å²) in [5, 5.41) is 7.02. The highest BCUT2D eigenvalue weighted by molar-refractivity contribution is 9.10. The van der Waals surface area contributed by atoms with E-state index in [9.17, 15) is 13.2 Å². The van der Waals surface area contributed by atoms with E-state index in [4.69, 9.17) is 5.11 Å². The zero-order chi connectivity index (χ0) is 12.3. The molecule has 1 heterocycles. The van der Waals surface area contributed by atoms with Crippen LogP contribution in [-0.4, -0.2) is 34.7 Å². The zero-order valence-corrected chi connectivity index (χ0v) is 10.5. The maximum Gasteiger partial charge on any atom is 0.323 e. The maximum absolute atomic E-state index is 11.5. The highest BCUT2D eigenvalue weighted by Gasteiger charge is 2.27. The van der Waals surface area contributed by atoms with E-state index in [1.54, 1.807) is 0 Å². The van der Waals surface area contributed by atoms with E-state index in [2.05, 4.69) is 25.9 Å². The lowest BCUT2D eigenvalue weighted by Crippen LogP contribution is -2.32. The van der Waals surface area contributed by atoms with Gasteiger partial charge in [-0.25, -0.2) is 18.4 Å². The van der Waals surface area contributed by atoms with Gasteiger partial charge in [-0.15, -0.1) is 0 Å². The van der Waals surface area contributed by atoms with Crippen molar-refractivity contribution < 1.29 is 18.3 Å². The smallest absolute Gasteiger partial charge is 0.323 e. The Kier molecular flexibility index (Phi) is 3.81. The number of hydrogen-bond donors (Lipinski definition) is 2. The number of nitrogens with one attached hydrogen (secondary N) is 1. The van der Waals surface area contributed by atoms with E-state index in [0.717, 1.165) is 6.92 Å². The predicted molar refractivity (Wildman–Crippen MR) is 59.4 cm³/mol. The van der Waals surface area contributed by atoms with Gasteiger partial charge in [0.2, 0.25) is 10.0 Å². The Bertz CT molecular complexity index is 487. The molecule has 0 aromatic carbocycles. The van der Waals surface area contributed by atoms with Gasteiger partial charge in [0.25, 0.3) is 0 Å². The van der Waals surface area contributed by atoms with Crippen molar-refractivity contribution in [2.75, 3.05) is 4.72 Å². The molecule has 1 unspecified atom stereocenters. The molecular formula is C7H8BrN3O4S. The number of hydrogen-bond acceptors (Lipinski definition) is 5. The lowest BCUT2D eigenvalue weighted by Gasteiger charge is -2.09. The summed E-state index contributed by atoms with van der Waals surface area (Å²) in [6.07, 6.45) is 2.47. The highest BCUT2D eigenvalue weighted by Crippen LogP contribution is 2.10. The van der Waals surface area contributed by atoms with Crippen LogP contribution in [0, 0.1) is 0 Å². The third-order valence-electron chi connectivity index (χ3n) is 1.68. The van der Waals surface area contributed by atoms with Gasteiger partial charge >= 0.3 is 5.97 Å². The van der Waals surface area contributed by atoms with Gasteiger partial charge in [0.1, 0.15) is 4.60 Å². The molecule has 16 heavy (non-hydrogen) atoms. The average Bonchev–Trinajstić information content (AvgIpc) is 2.20. The Morgan fingerprint density at radius 2 is 2.12 bits per heavy atom. The Morgan fingerprint density at radius 3 is 2.56 bits per heavy atom. The fourth-order valence-corrected chi connectivity index (χ4v) is 1.78. The van der Waals surface area contributed by atoms with Crippen molar-refractivity contribution in [2.24, 2.45) is 0 Å². The summed E-state index contributed by atoms with van der Waals surface area (Å²) in [5.41, 5.74) is 0. The quantitative estimate of drug-likeness (QED) is 0.836. The molecule has 88 valence electrons. The molecule has 0 spiro atoms. The van der Waals surface area contributed by atoms with Gasteiger partial charge in [0.15, 0.2) is 11.1 Å². The fraction of sp³-hybridized carbons (Fsp3) is 0.286. The summed E-state index contributed by atoms with van der Waals surface area (Å²) < 4.78 is 25.4. The number of anilines is 1. The minimum Gasteiger partial charge on any atom is -0.480 e. The molecule has 0 radical (unpaired) electrons. The zero-order valence-electron chi connectivity index (χ0n) is 8.08. The van der Waals surface area contributed by atoms with Crippen molar-refractivity contribution in [3.05, 3.63) is 17.0 Å². The number of carbonyl (C=O) groups is 1. The SMILES string of the molecule is CC(C(=O)O)S(=O)(=O)Nc1cnc(Br)cn1. The third-order valence-corrected chi connectivity index (χ3v) is 3.72. The molecule has 0 aliphatic heterocycles. The van der Waals surface area contributed by atoms with Crippen LogP contribution in [0.2, 0.25) is 0 Å².